The first kappa shape index (κ1) is 14.3. The summed E-state index contributed by atoms with van der Waals surface area (Å²) in [4.78, 5) is 11.1. The van der Waals surface area contributed by atoms with Gasteiger partial charge in [-0.2, -0.15) is 4.98 Å². The van der Waals surface area contributed by atoms with Gasteiger partial charge in [0.25, 0.3) is 0 Å². The normalized spacial score (nSPS) is 10.7. The fourth-order valence-corrected chi connectivity index (χ4v) is 2.29. The summed E-state index contributed by atoms with van der Waals surface area (Å²) in [6.07, 6.45) is 0. The number of nitrogens with zero attached hydrogens (tertiary/aromatic N) is 3. The first-order chi connectivity index (χ1) is 10.6. The van der Waals surface area contributed by atoms with E-state index in [-0.39, 0.29) is 0 Å². The summed E-state index contributed by atoms with van der Waals surface area (Å²) in [6, 6.07) is 16.6. The number of benzene rings is 2. The smallest absolute Gasteiger partial charge is 0.227 e. The van der Waals surface area contributed by atoms with Crippen LogP contribution in [-0.2, 0) is 6.54 Å². The molecule has 0 aliphatic heterocycles. The van der Waals surface area contributed by atoms with Crippen molar-refractivity contribution in [2.75, 3.05) is 24.3 Å². The molecule has 22 heavy (non-hydrogen) atoms. The maximum atomic E-state index is 4.64. The molecule has 0 fully saturated rings. The SMILES string of the molecule is Cc1ccc(CNc2nc(N(C)C)nc3ccccc23)cc1. The van der Waals surface area contributed by atoms with Crippen molar-refractivity contribution < 1.29 is 0 Å². The third kappa shape index (κ3) is 3.01. The minimum atomic E-state index is 0.713. The highest BCUT2D eigenvalue weighted by molar-refractivity contribution is 5.90. The maximum Gasteiger partial charge on any atom is 0.227 e. The molecule has 3 rings (SSSR count). The quantitative estimate of drug-likeness (QED) is 0.797. The molecule has 0 saturated heterocycles. The Balaban J connectivity index is 1.93. The van der Waals surface area contributed by atoms with Crippen LogP contribution in [-0.4, -0.2) is 24.1 Å². The number of hydrogen-bond donors (Lipinski definition) is 1. The van der Waals surface area contributed by atoms with Gasteiger partial charge in [0.05, 0.1) is 5.52 Å². The lowest BCUT2D eigenvalue weighted by atomic mass is 10.1. The molecule has 0 atom stereocenters. The molecule has 0 bridgehead atoms. The Morgan fingerprint density at radius 3 is 2.41 bits per heavy atom. The molecule has 4 nitrogen and oxygen atoms in total. The van der Waals surface area contributed by atoms with Gasteiger partial charge >= 0.3 is 0 Å². The van der Waals surface area contributed by atoms with Crippen molar-refractivity contribution in [1.82, 2.24) is 9.97 Å². The van der Waals surface area contributed by atoms with Gasteiger partial charge in [0.1, 0.15) is 5.82 Å². The minimum Gasteiger partial charge on any atom is -0.365 e. The number of nitrogens with one attached hydrogen (secondary N) is 1. The molecule has 0 aliphatic carbocycles. The zero-order valence-electron chi connectivity index (χ0n) is 13.2. The average molecular weight is 292 g/mol. The molecule has 0 saturated carbocycles. The highest BCUT2D eigenvalue weighted by Crippen LogP contribution is 2.23. The van der Waals surface area contributed by atoms with E-state index in [1.807, 2.05) is 43.3 Å². The highest BCUT2D eigenvalue weighted by atomic mass is 15.2. The lowest BCUT2D eigenvalue weighted by Gasteiger charge is -2.15. The van der Waals surface area contributed by atoms with Crippen molar-refractivity contribution in [1.29, 1.82) is 0 Å². The number of para-hydroxylation sites is 1. The predicted molar refractivity (Wildman–Crippen MR) is 92.4 cm³/mol. The summed E-state index contributed by atoms with van der Waals surface area (Å²) in [5, 5.41) is 4.48. The Bertz CT molecular complexity index is 779. The summed E-state index contributed by atoms with van der Waals surface area (Å²) >= 11 is 0. The molecule has 1 aromatic heterocycles. The lowest BCUT2D eigenvalue weighted by Crippen LogP contribution is -2.14. The largest absolute Gasteiger partial charge is 0.365 e. The van der Waals surface area contributed by atoms with Gasteiger partial charge in [-0.25, -0.2) is 4.98 Å². The van der Waals surface area contributed by atoms with Crippen LogP contribution in [0.4, 0.5) is 11.8 Å². The number of anilines is 2. The monoisotopic (exact) mass is 292 g/mol. The summed E-state index contributed by atoms with van der Waals surface area (Å²) in [6.45, 7) is 2.84. The molecule has 0 radical (unpaired) electrons. The average Bonchev–Trinajstić information content (AvgIpc) is 2.53. The van der Waals surface area contributed by atoms with Gasteiger partial charge in [0.2, 0.25) is 5.95 Å². The van der Waals surface area contributed by atoms with Crippen LogP contribution in [0.15, 0.2) is 48.5 Å². The minimum absolute atomic E-state index is 0.713. The van der Waals surface area contributed by atoms with E-state index in [0.717, 1.165) is 23.3 Å². The van der Waals surface area contributed by atoms with Gasteiger partial charge in [0.15, 0.2) is 0 Å². The van der Waals surface area contributed by atoms with Crippen LogP contribution < -0.4 is 10.2 Å². The fraction of sp³-hybridized carbons (Fsp3) is 0.222. The molecule has 1 heterocycles. The molecule has 1 N–H and O–H groups in total. The van der Waals surface area contributed by atoms with Gasteiger partial charge in [-0.15, -0.1) is 0 Å². The Morgan fingerprint density at radius 2 is 1.68 bits per heavy atom. The summed E-state index contributed by atoms with van der Waals surface area (Å²) in [5.41, 5.74) is 3.46. The van der Waals surface area contributed by atoms with Crippen LogP contribution in [0.25, 0.3) is 10.9 Å². The third-order valence-corrected chi connectivity index (χ3v) is 3.57. The number of rotatable bonds is 4. The molecule has 0 amide bonds. The van der Waals surface area contributed by atoms with Crippen molar-refractivity contribution in [3.05, 3.63) is 59.7 Å². The lowest BCUT2D eigenvalue weighted by molar-refractivity contribution is 1.01. The molecular formula is C18H20N4. The van der Waals surface area contributed by atoms with E-state index in [4.69, 9.17) is 0 Å². The van der Waals surface area contributed by atoms with E-state index in [9.17, 15) is 0 Å². The van der Waals surface area contributed by atoms with Crippen LogP contribution in [0, 0.1) is 6.92 Å². The summed E-state index contributed by atoms with van der Waals surface area (Å²) < 4.78 is 0. The first-order valence-electron chi connectivity index (χ1n) is 7.37. The zero-order valence-corrected chi connectivity index (χ0v) is 13.2. The second-order valence-electron chi connectivity index (χ2n) is 5.62. The van der Waals surface area contributed by atoms with Crippen molar-refractivity contribution in [3.63, 3.8) is 0 Å². The molecule has 4 heteroatoms. The standard InChI is InChI=1S/C18H20N4/c1-13-8-10-14(11-9-13)12-19-17-15-6-4-5-7-16(15)20-18(21-17)22(2)3/h4-11H,12H2,1-3H3,(H,19,20,21). The van der Waals surface area contributed by atoms with Gasteiger partial charge in [-0.3, -0.25) is 0 Å². The van der Waals surface area contributed by atoms with Gasteiger partial charge in [-0.05, 0) is 24.6 Å². The number of aromatic nitrogens is 2. The second-order valence-corrected chi connectivity index (χ2v) is 5.62. The topological polar surface area (TPSA) is 41.1 Å². The molecule has 112 valence electrons. The molecule has 2 aromatic carbocycles. The molecule has 3 aromatic rings. The third-order valence-electron chi connectivity index (χ3n) is 3.57. The summed E-state index contributed by atoms with van der Waals surface area (Å²) in [7, 11) is 3.90. The van der Waals surface area contributed by atoms with E-state index < -0.39 is 0 Å². The molecular weight excluding hydrogens is 272 g/mol. The fourth-order valence-electron chi connectivity index (χ4n) is 2.29. The summed E-state index contributed by atoms with van der Waals surface area (Å²) in [5.74, 6) is 1.58. The molecule has 0 aliphatic rings. The van der Waals surface area contributed by atoms with Gasteiger partial charge in [-0.1, -0.05) is 42.0 Å². The van der Waals surface area contributed by atoms with Crippen molar-refractivity contribution in [2.45, 2.75) is 13.5 Å². The van der Waals surface area contributed by atoms with Crippen molar-refractivity contribution in [2.24, 2.45) is 0 Å². The van der Waals surface area contributed by atoms with E-state index in [2.05, 4.69) is 46.5 Å². The second kappa shape index (κ2) is 6.02. The Morgan fingerprint density at radius 1 is 0.955 bits per heavy atom. The Kier molecular flexibility index (Phi) is 3.92. The number of fused-ring (bicyclic) bond motifs is 1. The Labute approximate surface area is 130 Å². The first-order valence-corrected chi connectivity index (χ1v) is 7.37. The van der Waals surface area contributed by atoms with Crippen LogP contribution in [0.5, 0.6) is 0 Å². The highest BCUT2D eigenvalue weighted by Gasteiger charge is 2.08. The molecule has 0 spiro atoms. The molecule has 0 unspecified atom stereocenters. The Hall–Kier alpha value is -2.62. The van der Waals surface area contributed by atoms with Crippen LogP contribution in [0.1, 0.15) is 11.1 Å². The van der Waals surface area contributed by atoms with Gasteiger partial charge < -0.3 is 10.2 Å². The van der Waals surface area contributed by atoms with E-state index in [1.54, 1.807) is 0 Å². The number of hydrogen-bond acceptors (Lipinski definition) is 4. The zero-order chi connectivity index (χ0) is 15.5. The van der Waals surface area contributed by atoms with E-state index in [1.165, 1.54) is 11.1 Å². The number of aryl methyl sites for hydroxylation is 1. The predicted octanol–water partition coefficient (Wildman–Crippen LogP) is 3.62. The van der Waals surface area contributed by atoms with Gasteiger partial charge in [0, 0.05) is 26.0 Å². The van der Waals surface area contributed by atoms with Crippen LogP contribution >= 0.6 is 0 Å². The van der Waals surface area contributed by atoms with Crippen molar-refractivity contribution in [3.8, 4) is 0 Å². The van der Waals surface area contributed by atoms with E-state index in [0.29, 0.717) is 5.95 Å². The van der Waals surface area contributed by atoms with Crippen LogP contribution in [0.2, 0.25) is 0 Å². The van der Waals surface area contributed by atoms with Crippen molar-refractivity contribution >= 4 is 22.7 Å². The maximum absolute atomic E-state index is 4.64. The van der Waals surface area contributed by atoms with Crippen LogP contribution in [0.3, 0.4) is 0 Å². The van der Waals surface area contributed by atoms with E-state index >= 15 is 0 Å².